The highest BCUT2D eigenvalue weighted by atomic mass is 16.6. The molecule has 298 valence electrons. The predicted octanol–water partition coefficient (Wildman–Crippen LogP) is 2.40. The quantitative estimate of drug-likeness (QED) is 0.0664. The van der Waals surface area contributed by atoms with Crippen molar-refractivity contribution < 1.29 is 43.6 Å². The molecule has 0 saturated heterocycles. The van der Waals surface area contributed by atoms with E-state index >= 15 is 0 Å². The number of H-pyrrole nitrogens is 1. The summed E-state index contributed by atoms with van der Waals surface area (Å²) in [6.07, 6.45) is 1.80. The Morgan fingerprint density at radius 1 is 0.852 bits per heavy atom. The van der Waals surface area contributed by atoms with Gasteiger partial charge in [0.15, 0.2) is 0 Å². The molecule has 0 aliphatic rings. The van der Waals surface area contributed by atoms with Gasteiger partial charge in [-0.3, -0.25) is 14.4 Å². The summed E-state index contributed by atoms with van der Waals surface area (Å²) < 4.78 is 15.6. The van der Waals surface area contributed by atoms with Gasteiger partial charge in [-0.2, -0.15) is 0 Å². The van der Waals surface area contributed by atoms with E-state index in [1.807, 2.05) is 70.2 Å². The number of rotatable bonds is 24. The molecule has 0 aliphatic carbocycles. The van der Waals surface area contributed by atoms with Gasteiger partial charge in [-0.15, -0.1) is 0 Å². The van der Waals surface area contributed by atoms with Gasteiger partial charge in [0.05, 0.1) is 63.1 Å². The first kappa shape index (κ1) is 43.8. The average Bonchev–Trinajstić information content (AvgIpc) is 3.67. The minimum Gasteiger partial charge on any atom is -0.447 e. The molecular formula is C39H58N6O9. The number of nitrogens with one attached hydrogen (secondary N) is 5. The maximum Gasteiger partial charge on any atom is 0.407 e. The number of aromatic nitrogens is 2. The number of nitrogens with zero attached hydrogens (tertiary/aromatic N) is 1. The fourth-order valence-electron chi connectivity index (χ4n) is 5.97. The maximum absolute atomic E-state index is 14.1. The summed E-state index contributed by atoms with van der Waals surface area (Å²) in [5.41, 5.74) is 1.28. The number of aliphatic hydroxyl groups is 2. The van der Waals surface area contributed by atoms with E-state index in [-0.39, 0.29) is 50.9 Å². The van der Waals surface area contributed by atoms with Gasteiger partial charge in [-0.05, 0) is 34.6 Å². The third kappa shape index (κ3) is 14.7. The van der Waals surface area contributed by atoms with Crippen molar-refractivity contribution in [3.63, 3.8) is 0 Å². The topological polar surface area (TPSA) is 213 Å². The molecule has 3 aromatic rings. The van der Waals surface area contributed by atoms with Crippen molar-refractivity contribution >= 4 is 34.6 Å². The summed E-state index contributed by atoms with van der Waals surface area (Å²) in [6.45, 7) is 8.28. The Morgan fingerprint density at radius 2 is 1.56 bits per heavy atom. The first-order chi connectivity index (χ1) is 25.9. The van der Waals surface area contributed by atoms with Gasteiger partial charge in [0.2, 0.25) is 17.7 Å². The highest BCUT2D eigenvalue weighted by Gasteiger charge is 2.32. The van der Waals surface area contributed by atoms with E-state index < -0.39 is 54.1 Å². The van der Waals surface area contributed by atoms with Crippen molar-refractivity contribution in [3.8, 4) is 0 Å². The molecule has 15 nitrogen and oxygen atoms in total. The first-order valence-electron chi connectivity index (χ1n) is 18.6. The van der Waals surface area contributed by atoms with Crippen molar-refractivity contribution in [2.45, 2.75) is 90.1 Å². The molecule has 0 aliphatic heterocycles. The Kier molecular flexibility index (Phi) is 18.9. The van der Waals surface area contributed by atoms with Gasteiger partial charge in [0.1, 0.15) is 18.7 Å². The molecule has 54 heavy (non-hydrogen) atoms. The smallest absolute Gasteiger partial charge is 0.407 e. The molecule has 4 amide bonds. The van der Waals surface area contributed by atoms with Crippen molar-refractivity contribution in [1.29, 1.82) is 0 Å². The standard InChI is InChI=1S/C39H58N6O9/c1-6-26(4)34(23-46)42-36(48)21-35(47)31(18-25(2)3)43-38(50)33(20-29-22-40-24-41-29)44-37(49)32(45-39(51)54-17-16-53-15-14-52-5)19-28-12-9-11-27-10-7-8-13-30(27)28/h7-13,22,24-26,31-35,46-47H,6,14-21,23H2,1-5H3,(H,40,41)(H,42,48)(H,43,50)(H,44,49)(H,45,51)/t26-,31-,32-,33-,34+,35-/m0/s1. The number of carbonyl (C=O) groups is 4. The van der Waals surface area contributed by atoms with Gasteiger partial charge in [0, 0.05) is 26.1 Å². The number of hydrogen-bond acceptors (Lipinski definition) is 10. The van der Waals surface area contributed by atoms with E-state index in [9.17, 15) is 29.4 Å². The average molecular weight is 755 g/mol. The van der Waals surface area contributed by atoms with E-state index in [0.29, 0.717) is 25.3 Å². The lowest BCUT2D eigenvalue weighted by atomic mass is 9.95. The van der Waals surface area contributed by atoms with Gasteiger partial charge >= 0.3 is 6.09 Å². The number of aliphatic hydroxyl groups excluding tert-OH is 2. The van der Waals surface area contributed by atoms with E-state index in [1.165, 1.54) is 6.33 Å². The molecule has 0 bridgehead atoms. The molecule has 7 N–H and O–H groups in total. The lowest BCUT2D eigenvalue weighted by Gasteiger charge is -2.29. The zero-order valence-electron chi connectivity index (χ0n) is 32.0. The third-order valence-electron chi connectivity index (χ3n) is 9.19. The van der Waals surface area contributed by atoms with Crippen LogP contribution in [0, 0.1) is 11.8 Å². The molecule has 15 heteroatoms. The molecule has 0 fully saturated rings. The van der Waals surface area contributed by atoms with Crippen LogP contribution in [0.2, 0.25) is 0 Å². The van der Waals surface area contributed by atoms with Crippen LogP contribution < -0.4 is 21.3 Å². The van der Waals surface area contributed by atoms with Crippen LogP contribution in [0.5, 0.6) is 0 Å². The van der Waals surface area contributed by atoms with Gasteiger partial charge in [0.25, 0.3) is 0 Å². The molecule has 2 aromatic carbocycles. The van der Waals surface area contributed by atoms with Gasteiger partial charge in [-0.25, -0.2) is 9.78 Å². The summed E-state index contributed by atoms with van der Waals surface area (Å²) in [4.78, 5) is 61.1. The van der Waals surface area contributed by atoms with Crippen molar-refractivity contribution in [1.82, 2.24) is 31.2 Å². The molecular weight excluding hydrogens is 696 g/mol. The normalized spacial score (nSPS) is 14.7. The Morgan fingerprint density at radius 3 is 2.24 bits per heavy atom. The molecule has 0 saturated carbocycles. The lowest BCUT2D eigenvalue weighted by molar-refractivity contribution is -0.131. The second-order valence-corrected chi connectivity index (χ2v) is 13.9. The van der Waals surface area contributed by atoms with Crippen molar-refractivity contribution in [2.24, 2.45) is 11.8 Å². The second-order valence-electron chi connectivity index (χ2n) is 13.9. The minimum absolute atomic E-state index is 0.0105. The molecule has 1 aromatic heterocycles. The predicted molar refractivity (Wildman–Crippen MR) is 203 cm³/mol. The number of aromatic amines is 1. The monoisotopic (exact) mass is 754 g/mol. The van der Waals surface area contributed by atoms with Crippen LogP contribution in [-0.2, 0) is 41.4 Å². The van der Waals surface area contributed by atoms with Crippen LogP contribution in [0.25, 0.3) is 10.8 Å². The number of methoxy groups -OCH3 is 1. The maximum atomic E-state index is 14.1. The molecule has 0 radical (unpaired) electrons. The SMILES string of the molecule is CC[C@H](C)[C@@H](CO)NC(=O)C[C@H](O)[C@H](CC(C)C)NC(=O)[C@H](Cc1c[nH]cn1)NC(=O)[C@H](Cc1cccc2ccccc12)NC(=O)OCCOCCOC. The largest absolute Gasteiger partial charge is 0.447 e. The van der Waals surface area contributed by atoms with E-state index in [4.69, 9.17) is 14.2 Å². The fraction of sp³-hybridized carbons (Fsp3) is 0.564. The summed E-state index contributed by atoms with van der Waals surface area (Å²) >= 11 is 0. The first-order valence-corrected chi connectivity index (χ1v) is 18.6. The Hall–Kier alpha value is -4.57. The lowest BCUT2D eigenvalue weighted by Crippen LogP contribution is -2.57. The number of amides is 4. The fourth-order valence-corrected chi connectivity index (χ4v) is 5.97. The van der Waals surface area contributed by atoms with Crippen LogP contribution in [-0.4, -0.2) is 114 Å². The third-order valence-corrected chi connectivity index (χ3v) is 9.19. The molecule has 3 rings (SSSR count). The highest BCUT2D eigenvalue weighted by Crippen LogP contribution is 2.20. The van der Waals surface area contributed by atoms with Crippen LogP contribution in [0.3, 0.4) is 0 Å². The number of benzene rings is 2. The molecule has 6 atom stereocenters. The molecule has 0 unspecified atom stereocenters. The highest BCUT2D eigenvalue weighted by molar-refractivity contribution is 5.93. The van der Waals surface area contributed by atoms with Crippen LogP contribution in [0.15, 0.2) is 55.0 Å². The second kappa shape index (κ2) is 23.3. The van der Waals surface area contributed by atoms with E-state index in [0.717, 1.165) is 22.8 Å². The van der Waals surface area contributed by atoms with E-state index in [1.54, 1.807) is 13.3 Å². The number of imidazole rings is 1. The van der Waals surface area contributed by atoms with Crippen LogP contribution in [0.1, 0.15) is 58.2 Å². The Bertz CT molecular complexity index is 1580. The molecule has 0 spiro atoms. The number of carbonyl (C=O) groups excluding carboxylic acids is 4. The number of ether oxygens (including phenoxy) is 3. The van der Waals surface area contributed by atoms with Crippen molar-refractivity contribution in [2.75, 3.05) is 40.1 Å². The number of alkyl carbamates (subject to hydrolysis) is 1. The summed E-state index contributed by atoms with van der Waals surface area (Å²) in [5.74, 6) is -1.66. The Balaban J connectivity index is 1.82. The van der Waals surface area contributed by atoms with Gasteiger partial charge in [-0.1, -0.05) is 76.6 Å². The summed E-state index contributed by atoms with van der Waals surface area (Å²) in [7, 11) is 1.55. The summed E-state index contributed by atoms with van der Waals surface area (Å²) in [5, 5.41) is 34.0. The minimum atomic E-state index is -1.26. The number of hydrogen-bond donors (Lipinski definition) is 7. The Labute approximate surface area is 317 Å². The summed E-state index contributed by atoms with van der Waals surface area (Å²) in [6, 6.07) is 9.71. The van der Waals surface area contributed by atoms with E-state index in [2.05, 4.69) is 31.2 Å². The van der Waals surface area contributed by atoms with Crippen molar-refractivity contribution in [3.05, 3.63) is 66.2 Å². The zero-order chi connectivity index (χ0) is 39.5. The van der Waals surface area contributed by atoms with Gasteiger partial charge < -0.3 is 50.7 Å². The molecule has 1 heterocycles. The number of fused-ring (bicyclic) bond motifs is 1. The van der Waals surface area contributed by atoms with Crippen LogP contribution >= 0.6 is 0 Å². The van der Waals surface area contributed by atoms with Crippen LogP contribution in [0.4, 0.5) is 4.79 Å². The zero-order valence-corrected chi connectivity index (χ0v) is 32.0.